The summed E-state index contributed by atoms with van der Waals surface area (Å²) in [6.45, 7) is 5.56. The van der Waals surface area contributed by atoms with Crippen molar-refractivity contribution in [2.24, 2.45) is 0 Å². The number of amides is 1. The van der Waals surface area contributed by atoms with Crippen molar-refractivity contribution in [1.82, 2.24) is 9.88 Å². The molecule has 2 aromatic carbocycles. The molecule has 3 aromatic rings. The number of carboxylic acid groups (broad SMARTS) is 1. The summed E-state index contributed by atoms with van der Waals surface area (Å²) in [5, 5.41) is 10.8. The summed E-state index contributed by atoms with van der Waals surface area (Å²) >= 11 is 0. The molecule has 2 heterocycles. The van der Waals surface area contributed by atoms with Crippen LogP contribution >= 0.6 is 0 Å². The Morgan fingerprint density at radius 2 is 1.79 bits per heavy atom. The van der Waals surface area contributed by atoms with Crippen molar-refractivity contribution in [3.05, 3.63) is 47.7 Å². The highest BCUT2D eigenvalue weighted by atomic mass is 16.5. The number of aryl methyl sites for hydroxylation is 2. The number of carbonyl (C=O) groups is 1. The highest BCUT2D eigenvalue weighted by Gasteiger charge is 2.30. The molecule has 8 nitrogen and oxygen atoms in total. The highest BCUT2D eigenvalue weighted by molar-refractivity contribution is 5.89. The van der Waals surface area contributed by atoms with Crippen molar-refractivity contribution < 1.29 is 24.1 Å². The quantitative estimate of drug-likeness (QED) is 0.533. The number of piperidine rings is 1. The third kappa shape index (κ3) is 4.59. The Morgan fingerprint density at radius 3 is 2.47 bits per heavy atom. The molecule has 1 atom stereocenters. The number of methoxy groups -OCH3 is 2. The number of anilines is 1. The van der Waals surface area contributed by atoms with Crippen LogP contribution in [0, 0.1) is 13.8 Å². The first kappa shape index (κ1) is 23.6. The Morgan fingerprint density at radius 1 is 1.06 bits per heavy atom. The first-order valence-corrected chi connectivity index (χ1v) is 11.3. The first-order chi connectivity index (χ1) is 16.3. The van der Waals surface area contributed by atoms with Gasteiger partial charge >= 0.3 is 6.09 Å². The summed E-state index contributed by atoms with van der Waals surface area (Å²) in [5.41, 5.74) is 3.11. The van der Waals surface area contributed by atoms with E-state index in [0.717, 1.165) is 48.0 Å². The first-order valence-electron chi connectivity index (χ1n) is 11.3. The van der Waals surface area contributed by atoms with Crippen molar-refractivity contribution in [1.29, 1.82) is 0 Å². The van der Waals surface area contributed by atoms with Gasteiger partial charge in [-0.15, -0.1) is 0 Å². The molecule has 1 aliphatic rings. The topological polar surface area (TPSA) is 84.4 Å². The molecule has 0 aliphatic carbocycles. The van der Waals surface area contributed by atoms with E-state index in [1.54, 1.807) is 26.5 Å². The van der Waals surface area contributed by atoms with Crippen molar-refractivity contribution >= 4 is 22.7 Å². The van der Waals surface area contributed by atoms with Gasteiger partial charge in [0.2, 0.25) is 0 Å². The van der Waals surface area contributed by atoms with Gasteiger partial charge in [-0.1, -0.05) is 0 Å². The van der Waals surface area contributed by atoms with Crippen LogP contribution in [-0.4, -0.2) is 61.5 Å². The molecule has 1 N–H and O–H groups in total. The fraction of sp³-hybridized carbons (Fsp3) is 0.385. The van der Waals surface area contributed by atoms with Gasteiger partial charge in [0.05, 0.1) is 31.5 Å². The number of benzene rings is 2. The standard InChI is InChI=1S/C26H31N3O5/c1-16-12-23(17(2)11-21(16)29(26(30)31)18-7-6-10-28(3)15-18)34-22-8-9-27-20-14-25(33-5)24(32-4)13-19(20)22/h8-9,11-14,18H,6-7,10,15H2,1-5H3,(H,30,31). The largest absolute Gasteiger partial charge is 0.493 e. The smallest absolute Gasteiger partial charge is 0.412 e. The molecule has 1 aliphatic heterocycles. The molecule has 1 saturated heterocycles. The van der Waals surface area contributed by atoms with Crippen LogP contribution in [0.25, 0.3) is 10.9 Å². The number of hydrogen-bond acceptors (Lipinski definition) is 6. The number of likely N-dealkylation sites (tertiary alicyclic amines) is 1. The minimum Gasteiger partial charge on any atom is -0.493 e. The van der Waals surface area contributed by atoms with E-state index in [1.807, 2.05) is 45.2 Å². The predicted octanol–water partition coefficient (Wildman–Crippen LogP) is 5.24. The number of ether oxygens (including phenoxy) is 3. The average Bonchev–Trinajstić information content (AvgIpc) is 2.81. The molecule has 8 heteroatoms. The average molecular weight is 466 g/mol. The molecule has 1 fully saturated rings. The molecule has 34 heavy (non-hydrogen) atoms. The van der Waals surface area contributed by atoms with Gasteiger partial charge in [-0.05, 0) is 75.7 Å². The summed E-state index contributed by atoms with van der Waals surface area (Å²) in [7, 11) is 5.21. The van der Waals surface area contributed by atoms with Crippen molar-refractivity contribution in [3.63, 3.8) is 0 Å². The monoisotopic (exact) mass is 465 g/mol. The molecular formula is C26H31N3O5. The third-order valence-corrected chi connectivity index (χ3v) is 6.35. The van der Waals surface area contributed by atoms with Gasteiger partial charge in [0, 0.05) is 24.2 Å². The molecule has 180 valence electrons. The lowest BCUT2D eigenvalue weighted by Gasteiger charge is -2.37. The summed E-state index contributed by atoms with van der Waals surface area (Å²) in [6, 6.07) is 9.19. The maximum atomic E-state index is 12.3. The molecule has 1 amide bonds. The summed E-state index contributed by atoms with van der Waals surface area (Å²) in [6.07, 6.45) is 2.58. The van der Waals surface area contributed by atoms with E-state index < -0.39 is 6.09 Å². The van der Waals surface area contributed by atoms with Crippen molar-refractivity contribution in [3.8, 4) is 23.0 Å². The lowest BCUT2D eigenvalue weighted by atomic mass is 10.0. The van der Waals surface area contributed by atoms with Gasteiger partial charge in [-0.25, -0.2) is 4.79 Å². The Labute approximate surface area is 199 Å². The van der Waals surface area contributed by atoms with Crippen LogP contribution in [0.4, 0.5) is 10.5 Å². The van der Waals surface area contributed by atoms with Crippen molar-refractivity contribution in [2.75, 3.05) is 39.3 Å². The third-order valence-electron chi connectivity index (χ3n) is 6.35. The zero-order valence-corrected chi connectivity index (χ0v) is 20.3. The van der Waals surface area contributed by atoms with E-state index in [1.165, 1.54) is 4.90 Å². The second-order valence-electron chi connectivity index (χ2n) is 8.75. The fourth-order valence-corrected chi connectivity index (χ4v) is 4.60. The maximum absolute atomic E-state index is 12.3. The second-order valence-corrected chi connectivity index (χ2v) is 8.75. The Balaban J connectivity index is 1.70. The van der Waals surface area contributed by atoms with Gasteiger partial charge in [0.25, 0.3) is 0 Å². The summed E-state index contributed by atoms with van der Waals surface area (Å²) in [4.78, 5) is 20.4. The van der Waals surface area contributed by atoms with Crippen LogP contribution in [-0.2, 0) is 0 Å². The number of hydrogen-bond donors (Lipinski definition) is 1. The lowest BCUT2D eigenvalue weighted by Crippen LogP contribution is -2.49. The van der Waals surface area contributed by atoms with Gasteiger partial charge in [0.1, 0.15) is 11.5 Å². The van der Waals surface area contributed by atoms with E-state index in [-0.39, 0.29) is 6.04 Å². The zero-order chi connectivity index (χ0) is 24.4. The lowest BCUT2D eigenvalue weighted by molar-refractivity contribution is 0.187. The van der Waals surface area contributed by atoms with Gasteiger partial charge in [-0.2, -0.15) is 0 Å². The van der Waals surface area contributed by atoms with Crippen LogP contribution in [0.3, 0.4) is 0 Å². The van der Waals surface area contributed by atoms with E-state index in [4.69, 9.17) is 14.2 Å². The number of pyridine rings is 1. The number of aromatic nitrogens is 1. The number of likely N-dealkylation sites (N-methyl/N-ethyl adjacent to an activating group) is 1. The SMILES string of the molecule is COc1cc2nccc(Oc3cc(C)c(N(C(=O)O)C4CCCN(C)C4)cc3C)c2cc1OC. The van der Waals surface area contributed by atoms with Crippen LogP contribution in [0.5, 0.6) is 23.0 Å². The van der Waals surface area contributed by atoms with Crippen LogP contribution in [0.2, 0.25) is 0 Å². The molecule has 0 spiro atoms. The van der Waals surface area contributed by atoms with E-state index in [0.29, 0.717) is 28.7 Å². The van der Waals surface area contributed by atoms with E-state index in [2.05, 4.69) is 9.88 Å². The molecule has 0 bridgehead atoms. The minimum atomic E-state index is -0.933. The summed E-state index contributed by atoms with van der Waals surface area (Å²) in [5.74, 6) is 2.48. The summed E-state index contributed by atoms with van der Waals surface area (Å²) < 4.78 is 17.2. The Kier molecular flexibility index (Phi) is 6.79. The van der Waals surface area contributed by atoms with Crippen molar-refractivity contribution in [2.45, 2.75) is 32.7 Å². The molecule has 0 radical (unpaired) electrons. The normalized spacial score (nSPS) is 16.3. The van der Waals surface area contributed by atoms with E-state index in [9.17, 15) is 9.90 Å². The van der Waals surface area contributed by atoms with Gasteiger partial charge in [0.15, 0.2) is 11.5 Å². The van der Waals surface area contributed by atoms with Crippen LogP contribution in [0.1, 0.15) is 24.0 Å². The number of nitrogens with zero attached hydrogens (tertiary/aromatic N) is 3. The highest BCUT2D eigenvalue weighted by Crippen LogP contribution is 2.39. The molecule has 1 aromatic heterocycles. The molecule has 1 unspecified atom stereocenters. The predicted molar refractivity (Wildman–Crippen MR) is 132 cm³/mol. The van der Waals surface area contributed by atoms with Crippen LogP contribution < -0.4 is 19.1 Å². The number of rotatable bonds is 6. The minimum absolute atomic E-state index is 0.0762. The molecule has 0 saturated carbocycles. The van der Waals surface area contributed by atoms with Gasteiger partial charge in [-0.3, -0.25) is 9.88 Å². The molecule has 4 rings (SSSR count). The fourth-order valence-electron chi connectivity index (χ4n) is 4.60. The number of fused-ring (bicyclic) bond motifs is 1. The second kappa shape index (κ2) is 9.77. The Bertz CT molecular complexity index is 1210. The van der Waals surface area contributed by atoms with Gasteiger partial charge < -0.3 is 24.2 Å². The zero-order valence-electron chi connectivity index (χ0n) is 20.3. The van der Waals surface area contributed by atoms with Crippen LogP contribution in [0.15, 0.2) is 36.5 Å². The molecular weight excluding hydrogens is 434 g/mol. The Hall–Kier alpha value is -3.52. The van der Waals surface area contributed by atoms with E-state index >= 15 is 0 Å². The maximum Gasteiger partial charge on any atom is 0.412 e.